The summed E-state index contributed by atoms with van der Waals surface area (Å²) in [5.74, 6) is 0.545. The molecule has 7 aromatic carbocycles. The second-order valence-electron chi connectivity index (χ2n) is 18.3. The zero-order chi connectivity index (χ0) is 43.9. The highest BCUT2D eigenvalue weighted by Crippen LogP contribution is 2.46. The Morgan fingerprint density at radius 1 is 0.712 bits per heavy atom. The first-order valence-electron chi connectivity index (χ1n) is 23.3. The third-order valence-corrected chi connectivity index (χ3v) is 15.8. The highest BCUT2D eigenvalue weighted by molar-refractivity contribution is 7.26. The molecule has 3 heteroatoms. The van der Waals surface area contributed by atoms with Crippen molar-refractivity contribution in [1.82, 2.24) is 4.98 Å². The number of hydrogen-bond acceptors (Lipinski definition) is 3. The summed E-state index contributed by atoms with van der Waals surface area (Å²) in [6, 6.07) is 49.1. The van der Waals surface area contributed by atoms with Gasteiger partial charge in [0.1, 0.15) is 0 Å². The van der Waals surface area contributed by atoms with Crippen LogP contribution in [-0.2, 0) is 12.8 Å². The molecule has 66 heavy (non-hydrogen) atoms. The molecule has 0 saturated heterocycles. The lowest BCUT2D eigenvalue weighted by Crippen LogP contribution is -2.25. The Morgan fingerprint density at radius 2 is 1.52 bits per heavy atom. The zero-order valence-corrected chi connectivity index (χ0v) is 37.7. The second kappa shape index (κ2) is 15.6. The Kier molecular flexibility index (Phi) is 9.21. The molecule has 3 unspecified atom stereocenters. The van der Waals surface area contributed by atoms with Crippen LogP contribution in [0.2, 0.25) is 0 Å². The first-order valence-corrected chi connectivity index (χ1v) is 24.1. The van der Waals surface area contributed by atoms with Crippen molar-refractivity contribution in [3.05, 3.63) is 244 Å². The molecule has 0 amide bonds. The normalized spacial score (nSPS) is 18.2. The number of aryl methyl sites for hydroxylation is 1. The molecule has 0 fully saturated rings. The van der Waals surface area contributed by atoms with Crippen LogP contribution in [0.4, 0.5) is 0 Å². The van der Waals surface area contributed by atoms with E-state index in [0.29, 0.717) is 5.92 Å². The number of nitrogens with zero attached hydrogens (tertiary/aromatic N) is 2. The van der Waals surface area contributed by atoms with Crippen molar-refractivity contribution >= 4 is 82.7 Å². The first kappa shape index (κ1) is 39.0. The zero-order valence-electron chi connectivity index (χ0n) is 36.8. The van der Waals surface area contributed by atoms with Crippen LogP contribution in [0.1, 0.15) is 79.5 Å². The number of rotatable bonds is 6. The number of aromatic nitrogens is 1. The molecule has 3 heterocycles. The molecule has 2 nitrogen and oxygen atoms in total. The maximum Gasteiger partial charge on any atom is 0.0794 e. The minimum absolute atomic E-state index is 0.0952. The maximum absolute atomic E-state index is 5.45. The van der Waals surface area contributed by atoms with Gasteiger partial charge < -0.3 is 0 Å². The molecule has 0 N–H and O–H groups in total. The summed E-state index contributed by atoms with van der Waals surface area (Å²) in [7, 11) is 0. The van der Waals surface area contributed by atoms with E-state index in [0.717, 1.165) is 63.8 Å². The number of aliphatic imine (C=N–C) groups is 1. The second-order valence-corrected chi connectivity index (χ2v) is 19.4. The molecule has 0 saturated carbocycles. The lowest BCUT2D eigenvalue weighted by Gasteiger charge is -2.31. The number of benzene rings is 7. The fourth-order valence-corrected chi connectivity index (χ4v) is 12.5. The SMILES string of the molecule is C=C(/C=C\c1ccc2ccc(-c3ccc4c5c(c6c(c4c3)C=CCC6)CC(c3ccc(C4=NC6C=CC=CC6c6c4ccc4c6sc6ccccc64)cc3)C=C5)nc2c1C)c1ccccc1. The smallest absolute Gasteiger partial charge is 0.0794 e. The monoisotopic (exact) mass is 862 g/mol. The first-order chi connectivity index (χ1) is 32.5. The molecule has 3 aliphatic carbocycles. The molecule has 2 aromatic heterocycles. The molecule has 3 atom stereocenters. The van der Waals surface area contributed by atoms with Gasteiger partial charge >= 0.3 is 0 Å². The number of hydrogen-bond donors (Lipinski definition) is 0. The fraction of sp³-hybridized carbons (Fsp3) is 0.111. The maximum atomic E-state index is 5.45. The molecule has 9 aromatic rings. The van der Waals surface area contributed by atoms with Gasteiger partial charge in [-0.25, -0.2) is 4.98 Å². The van der Waals surface area contributed by atoms with Crippen molar-refractivity contribution in [3.63, 3.8) is 0 Å². The third-order valence-electron chi connectivity index (χ3n) is 14.6. The van der Waals surface area contributed by atoms with Crippen LogP contribution in [-0.4, -0.2) is 16.7 Å². The van der Waals surface area contributed by atoms with Gasteiger partial charge in [-0.1, -0.05) is 183 Å². The van der Waals surface area contributed by atoms with E-state index in [9.17, 15) is 0 Å². The number of fused-ring (bicyclic) bond motifs is 14. The van der Waals surface area contributed by atoms with Gasteiger partial charge in [-0.15, -0.1) is 11.3 Å². The topological polar surface area (TPSA) is 25.2 Å². The predicted molar refractivity (Wildman–Crippen MR) is 283 cm³/mol. The van der Waals surface area contributed by atoms with Crippen LogP contribution in [0.3, 0.4) is 0 Å². The van der Waals surface area contributed by atoms with E-state index in [-0.39, 0.29) is 12.0 Å². The summed E-state index contributed by atoms with van der Waals surface area (Å²) < 4.78 is 2.74. The van der Waals surface area contributed by atoms with E-state index in [4.69, 9.17) is 9.98 Å². The van der Waals surface area contributed by atoms with Crippen LogP contribution in [0, 0.1) is 6.92 Å². The molecule has 1 aliphatic heterocycles. The molecule has 13 rings (SSSR count). The Hall–Kier alpha value is -7.46. The van der Waals surface area contributed by atoms with Gasteiger partial charge in [0, 0.05) is 54.1 Å². The highest BCUT2D eigenvalue weighted by atomic mass is 32.1. The Bertz CT molecular complexity index is 3700. The van der Waals surface area contributed by atoms with E-state index in [1.165, 1.54) is 81.0 Å². The molecule has 0 bridgehead atoms. The van der Waals surface area contributed by atoms with Gasteiger partial charge in [0.2, 0.25) is 0 Å². The van der Waals surface area contributed by atoms with Crippen molar-refractivity contribution in [2.45, 2.75) is 44.1 Å². The number of allylic oxidation sites excluding steroid dienone is 6. The van der Waals surface area contributed by atoms with Crippen LogP contribution >= 0.6 is 11.3 Å². The third kappa shape index (κ3) is 6.36. The minimum atomic E-state index is 0.0952. The predicted octanol–water partition coefficient (Wildman–Crippen LogP) is 16.2. The van der Waals surface area contributed by atoms with E-state index in [1.54, 1.807) is 0 Å². The van der Waals surface area contributed by atoms with Crippen molar-refractivity contribution in [3.8, 4) is 11.3 Å². The van der Waals surface area contributed by atoms with Gasteiger partial charge in [-0.3, -0.25) is 4.99 Å². The average Bonchev–Trinajstić information content (AvgIpc) is 3.77. The Morgan fingerprint density at radius 3 is 2.42 bits per heavy atom. The number of thiophene rings is 1. The summed E-state index contributed by atoms with van der Waals surface area (Å²) >= 11 is 1.93. The van der Waals surface area contributed by atoms with Crippen molar-refractivity contribution in [2.24, 2.45) is 4.99 Å². The van der Waals surface area contributed by atoms with E-state index in [2.05, 4.69) is 202 Å². The van der Waals surface area contributed by atoms with Gasteiger partial charge in [-0.05, 0) is 111 Å². The summed E-state index contributed by atoms with van der Waals surface area (Å²) in [5, 5.41) is 6.47. The summed E-state index contributed by atoms with van der Waals surface area (Å²) in [6.45, 7) is 6.49. The van der Waals surface area contributed by atoms with Crippen molar-refractivity contribution in [2.75, 3.05) is 0 Å². The highest BCUT2D eigenvalue weighted by Gasteiger charge is 2.33. The lowest BCUT2D eigenvalue weighted by molar-refractivity contribution is 0.708. The average molecular weight is 863 g/mol. The molecule has 0 spiro atoms. The van der Waals surface area contributed by atoms with Crippen LogP contribution < -0.4 is 0 Å². The summed E-state index contributed by atoms with van der Waals surface area (Å²) in [6.07, 6.45) is 26.0. The van der Waals surface area contributed by atoms with Gasteiger partial charge in [-0.2, -0.15) is 0 Å². The minimum Gasteiger partial charge on any atom is -0.276 e. The molecular formula is C63H46N2S. The van der Waals surface area contributed by atoms with Crippen LogP contribution in [0.5, 0.6) is 0 Å². The van der Waals surface area contributed by atoms with Crippen molar-refractivity contribution in [1.29, 1.82) is 0 Å². The van der Waals surface area contributed by atoms with Crippen molar-refractivity contribution < 1.29 is 0 Å². The lowest BCUT2D eigenvalue weighted by atomic mass is 9.76. The quantitative estimate of drug-likeness (QED) is 0.153. The largest absolute Gasteiger partial charge is 0.276 e. The standard InChI is InChI=1S/C63H46N2S/c1-38(40-12-4-3-5-13-40)20-21-41-22-25-43-30-35-57(64-61(43)39(41)2)46-29-32-50-49-31-28-45(36-55(49)47-14-6-7-15-48(47)56(50)37-46)42-23-26-44(27-24-42)62-54-34-33-52-51-16-9-11-19-59(51)66-63(52)60(54)53-17-8-10-18-58(53)65-62/h3-5,7-13,15-35,37,45,53,58H,1,6,14,36H2,2H3/b21-20-. The van der Waals surface area contributed by atoms with E-state index in [1.807, 2.05) is 17.4 Å². The van der Waals surface area contributed by atoms with Crippen LogP contribution in [0.25, 0.3) is 76.9 Å². The summed E-state index contributed by atoms with van der Waals surface area (Å²) in [4.78, 5) is 10.8. The fourth-order valence-electron chi connectivity index (χ4n) is 11.2. The molecule has 4 aliphatic rings. The van der Waals surface area contributed by atoms with Crippen LogP contribution in [0.15, 0.2) is 188 Å². The Balaban J connectivity index is 0.819. The van der Waals surface area contributed by atoms with Gasteiger partial charge in [0.05, 0.1) is 23.0 Å². The van der Waals surface area contributed by atoms with E-state index < -0.39 is 0 Å². The summed E-state index contributed by atoms with van der Waals surface area (Å²) in [5.41, 5.74) is 19.7. The van der Waals surface area contributed by atoms with Gasteiger partial charge in [0.25, 0.3) is 0 Å². The molecule has 0 radical (unpaired) electrons. The molecule has 314 valence electrons. The Labute approximate surface area is 389 Å². The van der Waals surface area contributed by atoms with Gasteiger partial charge in [0.15, 0.2) is 0 Å². The van der Waals surface area contributed by atoms with E-state index >= 15 is 0 Å². The molecular weight excluding hydrogens is 817 g/mol. The number of pyridine rings is 1.